The zero-order valence-corrected chi connectivity index (χ0v) is 11.4. The molecule has 98 valence electrons. The summed E-state index contributed by atoms with van der Waals surface area (Å²) in [6.07, 6.45) is 4.09. The van der Waals surface area contributed by atoms with Gasteiger partial charge in [0.15, 0.2) is 0 Å². The van der Waals surface area contributed by atoms with Gasteiger partial charge in [-0.15, -0.1) is 0 Å². The van der Waals surface area contributed by atoms with E-state index in [1.807, 2.05) is 0 Å². The molecule has 1 aliphatic heterocycles. The Morgan fingerprint density at radius 2 is 1.94 bits per heavy atom. The summed E-state index contributed by atoms with van der Waals surface area (Å²) in [4.78, 5) is 2.60. The van der Waals surface area contributed by atoms with E-state index in [9.17, 15) is 0 Å². The van der Waals surface area contributed by atoms with Crippen molar-refractivity contribution in [3.05, 3.63) is 35.4 Å². The fourth-order valence-electron chi connectivity index (χ4n) is 3.00. The molecule has 1 saturated carbocycles. The van der Waals surface area contributed by atoms with E-state index in [-0.39, 0.29) is 0 Å². The van der Waals surface area contributed by atoms with Gasteiger partial charge in [-0.25, -0.2) is 0 Å². The van der Waals surface area contributed by atoms with Gasteiger partial charge >= 0.3 is 0 Å². The Labute approximate surface area is 110 Å². The first-order valence-electron chi connectivity index (χ1n) is 7.40. The molecule has 0 aromatic heterocycles. The third kappa shape index (κ3) is 2.76. The molecule has 3 rings (SSSR count). The second kappa shape index (κ2) is 5.41. The van der Waals surface area contributed by atoms with Gasteiger partial charge in [0.25, 0.3) is 0 Å². The lowest BCUT2D eigenvalue weighted by Crippen LogP contribution is -2.36. The second-order valence-corrected chi connectivity index (χ2v) is 5.73. The maximum absolute atomic E-state index is 3.46. The van der Waals surface area contributed by atoms with Crippen molar-refractivity contribution in [2.45, 2.75) is 44.7 Å². The molecule has 1 N–H and O–H groups in total. The van der Waals surface area contributed by atoms with Crippen LogP contribution in [0.1, 0.15) is 43.2 Å². The Hall–Kier alpha value is -0.860. The molecule has 1 unspecified atom stereocenters. The average molecular weight is 244 g/mol. The lowest BCUT2D eigenvalue weighted by molar-refractivity contribution is 0.210. The maximum Gasteiger partial charge on any atom is 0.0237 e. The van der Waals surface area contributed by atoms with Gasteiger partial charge in [-0.2, -0.15) is 0 Å². The Morgan fingerprint density at radius 1 is 1.17 bits per heavy atom. The third-order valence-electron chi connectivity index (χ3n) is 4.37. The Balaban J connectivity index is 1.62. The molecule has 0 bridgehead atoms. The molecule has 1 aliphatic carbocycles. The smallest absolute Gasteiger partial charge is 0.0237 e. The van der Waals surface area contributed by atoms with Crippen LogP contribution >= 0.6 is 0 Å². The lowest BCUT2D eigenvalue weighted by Gasteiger charge is -2.27. The van der Waals surface area contributed by atoms with E-state index in [4.69, 9.17) is 0 Å². The molecule has 1 heterocycles. The standard InChI is InChI=1S/C16H24N2/c1-2-18(16-9-10-17-11-16)12-13-3-5-14(6-4-13)15-7-8-15/h3-6,15-17H,2,7-12H2,1H3. The normalized spacial score (nSPS) is 23.8. The van der Waals surface area contributed by atoms with Gasteiger partial charge in [-0.3, -0.25) is 4.90 Å². The molecular formula is C16H24N2. The molecule has 1 aromatic rings. The molecular weight excluding hydrogens is 220 g/mol. The molecule has 0 spiro atoms. The van der Waals surface area contributed by atoms with Crippen LogP contribution in [0.15, 0.2) is 24.3 Å². The van der Waals surface area contributed by atoms with Crippen molar-refractivity contribution in [3.63, 3.8) is 0 Å². The predicted molar refractivity (Wildman–Crippen MR) is 75.8 cm³/mol. The maximum atomic E-state index is 3.46. The third-order valence-corrected chi connectivity index (χ3v) is 4.37. The highest BCUT2D eigenvalue weighted by molar-refractivity contribution is 5.28. The Bertz CT molecular complexity index is 375. The van der Waals surface area contributed by atoms with E-state index in [2.05, 4.69) is 41.4 Å². The van der Waals surface area contributed by atoms with Gasteiger partial charge < -0.3 is 5.32 Å². The van der Waals surface area contributed by atoms with Crippen molar-refractivity contribution in [2.75, 3.05) is 19.6 Å². The zero-order valence-electron chi connectivity index (χ0n) is 11.4. The molecule has 2 fully saturated rings. The highest BCUT2D eigenvalue weighted by Crippen LogP contribution is 2.39. The van der Waals surface area contributed by atoms with E-state index in [1.54, 1.807) is 5.56 Å². The highest BCUT2D eigenvalue weighted by atomic mass is 15.2. The summed E-state index contributed by atoms with van der Waals surface area (Å²) >= 11 is 0. The number of hydrogen-bond donors (Lipinski definition) is 1. The van der Waals surface area contributed by atoms with Crippen LogP contribution in [0.4, 0.5) is 0 Å². The van der Waals surface area contributed by atoms with Crippen molar-refractivity contribution in [1.82, 2.24) is 10.2 Å². The Kier molecular flexibility index (Phi) is 3.67. The van der Waals surface area contributed by atoms with Crippen LogP contribution in [0.5, 0.6) is 0 Å². The summed E-state index contributed by atoms with van der Waals surface area (Å²) in [5.41, 5.74) is 3.01. The molecule has 18 heavy (non-hydrogen) atoms. The minimum atomic E-state index is 0.734. The fraction of sp³-hybridized carbons (Fsp3) is 0.625. The summed E-state index contributed by atoms with van der Waals surface area (Å²) < 4.78 is 0. The Morgan fingerprint density at radius 3 is 2.50 bits per heavy atom. The SMILES string of the molecule is CCN(Cc1ccc(C2CC2)cc1)C1CCNC1. The number of nitrogens with one attached hydrogen (secondary N) is 1. The van der Waals surface area contributed by atoms with E-state index in [1.165, 1.54) is 31.4 Å². The molecule has 2 aliphatic rings. The minimum Gasteiger partial charge on any atom is -0.315 e. The van der Waals surface area contributed by atoms with E-state index in [0.29, 0.717) is 0 Å². The number of rotatable bonds is 5. The van der Waals surface area contributed by atoms with E-state index < -0.39 is 0 Å². The molecule has 0 radical (unpaired) electrons. The van der Waals surface area contributed by atoms with Crippen LogP contribution in [0.2, 0.25) is 0 Å². The second-order valence-electron chi connectivity index (χ2n) is 5.73. The highest BCUT2D eigenvalue weighted by Gasteiger charge is 2.24. The van der Waals surface area contributed by atoms with Crippen molar-refractivity contribution in [3.8, 4) is 0 Å². The van der Waals surface area contributed by atoms with Gasteiger partial charge in [-0.05, 0) is 49.4 Å². The number of hydrogen-bond acceptors (Lipinski definition) is 2. The summed E-state index contributed by atoms with van der Waals surface area (Å²) in [6, 6.07) is 10.1. The number of nitrogens with zero attached hydrogens (tertiary/aromatic N) is 1. The van der Waals surface area contributed by atoms with Crippen LogP contribution < -0.4 is 5.32 Å². The summed E-state index contributed by atoms with van der Waals surface area (Å²) in [6.45, 7) is 6.87. The number of likely N-dealkylation sites (N-methyl/N-ethyl adjacent to an activating group) is 1. The van der Waals surface area contributed by atoms with Crippen molar-refractivity contribution < 1.29 is 0 Å². The van der Waals surface area contributed by atoms with Gasteiger partial charge in [-0.1, -0.05) is 31.2 Å². The average Bonchev–Trinajstić information content (AvgIpc) is 3.12. The van der Waals surface area contributed by atoms with Crippen molar-refractivity contribution >= 4 is 0 Å². The van der Waals surface area contributed by atoms with Gasteiger partial charge in [0.2, 0.25) is 0 Å². The topological polar surface area (TPSA) is 15.3 Å². The monoisotopic (exact) mass is 244 g/mol. The lowest BCUT2D eigenvalue weighted by atomic mass is 10.1. The van der Waals surface area contributed by atoms with E-state index in [0.717, 1.165) is 31.6 Å². The molecule has 1 saturated heterocycles. The largest absolute Gasteiger partial charge is 0.315 e. The first-order valence-corrected chi connectivity index (χ1v) is 7.40. The first kappa shape index (κ1) is 12.2. The van der Waals surface area contributed by atoms with Crippen LogP contribution in [-0.2, 0) is 6.54 Å². The summed E-state index contributed by atoms with van der Waals surface area (Å²) in [5, 5.41) is 3.46. The predicted octanol–water partition coefficient (Wildman–Crippen LogP) is 2.75. The first-order chi connectivity index (χ1) is 8.86. The fourth-order valence-corrected chi connectivity index (χ4v) is 3.00. The van der Waals surface area contributed by atoms with Gasteiger partial charge in [0, 0.05) is 19.1 Å². The molecule has 0 amide bonds. The summed E-state index contributed by atoms with van der Waals surface area (Å²) in [5.74, 6) is 0.875. The zero-order chi connectivity index (χ0) is 12.4. The molecule has 1 atom stereocenters. The van der Waals surface area contributed by atoms with E-state index >= 15 is 0 Å². The van der Waals surface area contributed by atoms with Crippen LogP contribution in [0.25, 0.3) is 0 Å². The molecule has 1 aromatic carbocycles. The molecule has 2 nitrogen and oxygen atoms in total. The van der Waals surface area contributed by atoms with Crippen molar-refractivity contribution in [2.24, 2.45) is 0 Å². The van der Waals surface area contributed by atoms with Crippen LogP contribution in [0.3, 0.4) is 0 Å². The summed E-state index contributed by atoms with van der Waals surface area (Å²) in [7, 11) is 0. The quantitative estimate of drug-likeness (QED) is 0.857. The molecule has 2 heteroatoms. The van der Waals surface area contributed by atoms with Gasteiger partial charge in [0.1, 0.15) is 0 Å². The minimum absolute atomic E-state index is 0.734. The number of benzene rings is 1. The van der Waals surface area contributed by atoms with Gasteiger partial charge in [0.05, 0.1) is 0 Å². The van der Waals surface area contributed by atoms with Crippen molar-refractivity contribution in [1.29, 1.82) is 0 Å². The van der Waals surface area contributed by atoms with Crippen LogP contribution in [0, 0.1) is 0 Å². The van der Waals surface area contributed by atoms with Crippen LogP contribution in [-0.4, -0.2) is 30.6 Å².